The van der Waals surface area contributed by atoms with Crippen molar-refractivity contribution >= 4 is 22.6 Å². The van der Waals surface area contributed by atoms with E-state index in [2.05, 4.69) is 24.1 Å². The molecule has 9 nitrogen and oxygen atoms in total. The summed E-state index contributed by atoms with van der Waals surface area (Å²) < 4.78 is 12.5. The Morgan fingerprint density at radius 3 is 2.49 bits per heavy atom. The van der Waals surface area contributed by atoms with Gasteiger partial charge in [-0.1, -0.05) is 49.4 Å². The fraction of sp³-hybridized carbons (Fsp3) is 0.344. The monoisotopic (exact) mass is 555 g/mol. The number of aromatic nitrogens is 2. The Labute approximate surface area is 240 Å². The zero-order chi connectivity index (χ0) is 28.9. The molecule has 1 saturated heterocycles. The van der Waals surface area contributed by atoms with E-state index in [0.29, 0.717) is 54.3 Å². The molecular formula is C32H37N5O4. The van der Waals surface area contributed by atoms with Crippen LogP contribution in [0.25, 0.3) is 10.9 Å². The molecule has 9 heteroatoms. The maximum atomic E-state index is 13.8. The minimum atomic E-state index is -0.182. The number of fused-ring (bicyclic) bond motifs is 1. The van der Waals surface area contributed by atoms with Crippen LogP contribution in [-0.2, 0) is 6.54 Å². The number of hydrogen-bond acceptors (Lipinski definition) is 6. The highest BCUT2D eigenvalue weighted by Gasteiger charge is 2.33. The Morgan fingerprint density at radius 1 is 1.02 bits per heavy atom. The fourth-order valence-electron chi connectivity index (χ4n) is 5.62. The van der Waals surface area contributed by atoms with Crippen LogP contribution in [0.1, 0.15) is 37.7 Å². The van der Waals surface area contributed by atoms with Gasteiger partial charge in [-0.15, -0.1) is 0 Å². The molecule has 1 N–H and O–H groups in total. The SMILES string of the molecule is CCC(c1nc2ccccc2c(=O)n1Cc1ccccc1)N1CCN(C(=O)Nc2ccc(OC)cc2OC)C(C)C1. The van der Waals surface area contributed by atoms with E-state index < -0.39 is 0 Å². The molecule has 3 aromatic carbocycles. The number of amides is 2. The van der Waals surface area contributed by atoms with Crippen molar-refractivity contribution in [2.24, 2.45) is 0 Å². The number of piperazine rings is 1. The van der Waals surface area contributed by atoms with Crippen LogP contribution in [0.4, 0.5) is 10.5 Å². The minimum Gasteiger partial charge on any atom is -0.497 e. The summed E-state index contributed by atoms with van der Waals surface area (Å²) in [5.74, 6) is 1.95. The lowest BCUT2D eigenvalue weighted by Crippen LogP contribution is -2.56. The van der Waals surface area contributed by atoms with Crippen molar-refractivity contribution in [1.29, 1.82) is 0 Å². The van der Waals surface area contributed by atoms with E-state index in [-0.39, 0.29) is 23.7 Å². The molecule has 0 radical (unpaired) electrons. The summed E-state index contributed by atoms with van der Waals surface area (Å²) in [7, 11) is 3.15. The molecule has 4 aromatic rings. The zero-order valence-electron chi connectivity index (χ0n) is 24.0. The molecule has 2 heterocycles. The first kappa shape index (κ1) is 28.2. The minimum absolute atomic E-state index is 0.0348. The van der Waals surface area contributed by atoms with Gasteiger partial charge < -0.3 is 19.7 Å². The van der Waals surface area contributed by atoms with E-state index in [4.69, 9.17) is 14.5 Å². The summed E-state index contributed by atoms with van der Waals surface area (Å²) in [5.41, 5.74) is 2.30. The number of para-hydroxylation sites is 1. The Hall–Kier alpha value is -4.37. The molecule has 2 atom stereocenters. The summed E-state index contributed by atoms with van der Waals surface area (Å²) >= 11 is 0. The van der Waals surface area contributed by atoms with Crippen LogP contribution in [0.15, 0.2) is 77.6 Å². The highest BCUT2D eigenvalue weighted by Crippen LogP contribution is 2.31. The van der Waals surface area contributed by atoms with Gasteiger partial charge in [-0.25, -0.2) is 9.78 Å². The molecule has 1 aliphatic rings. The maximum absolute atomic E-state index is 13.8. The Morgan fingerprint density at radius 2 is 1.78 bits per heavy atom. The lowest BCUT2D eigenvalue weighted by atomic mass is 10.1. The van der Waals surface area contributed by atoms with E-state index in [1.54, 1.807) is 32.4 Å². The third-order valence-electron chi connectivity index (χ3n) is 7.77. The van der Waals surface area contributed by atoms with Crippen molar-refractivity contribution in [3.05, 3.63) is 94.5 Å². The number of methoxy groups -OCH3 is 2. The molecule has 1 aromatic heterocycles. The van der Waals surface area contributed by atoms with E-state index in [1.807, 2.05) is 64.1 Å². The smallest absolute Gasteiger partial charge is 0.322 e. The molecule has 2 amide bonds. The van der Waals surface area contributed by atoms with E-state index in [9.17, 15) is 9.59 Å². The molecule has 0 spiro atoms. The number of urea groups is 1. The first-order chi connectivity index (χ1) is 19.9. The number of carbonyl (C=O) groups excluding carboxylic acids is 1. The molecule has 1 fully saturated rings. The summed E-state index contributed by atoms with van der Waals surface area (Å²) in [4.78, 5) is 36.3. The number of anilines is 1. The second-order valence-corrected chi connectivity index (χ2v) is 10.3. The highest BCUT2D eigenvalue weighted by atomic mass is 16.5. The lowest BCUT2D eigenvalue weighted by molar-refractivity contribution is 0.0719. The highest BCUT2D eigenvalue weighted by molar-refractivity contribution is 5.91. The van der Waals surface area contributed by atoms with Crippen LogP contribution in [0.2, 0.25) is 0 Å². The van der Waals surface area contributed by atoms with Crippen molar-refractivity contribution in [3.63, 3.8) is 0 Å². The number of ether oxygens (including phenoxy) is 2. The standard InChI is InChI=1S/C32H37N5O4/c1-5-28(30-33-26-14-10-9-13-25(26)31(38)37(30)21-23-11-7-6-8-12-23)35-17-18-36(22(2)20-35)32(39)34-27-16-15-24(40-3)19-29(27)41-4/h6-16,19,22,28H,5,17-18,20-21H2,1-4H3,(H,34,39). The van der Waals surface area contributed by atoms with Gasteiger partial charge in [0.1, 0.15) is 17.3 Å². The van der Waals surface area contributed by atoms with Crippen LogP contribution < -0.4 is 20.3 Å². The van der Waals surface area contributed by atoms with Crippen molar-refractivity contribution in [2.45, 2.75) is 38.9 Å². The van der Waals surface area contributed by atoms with E-state index >= 15 is 0 Å². The molecule has 5 rings (SSSR count). The average Bonchev–Trinajstić information content (AvgIpc) is 3.00. The number of rotatable bonds is 8. The number of hydrogen-bond donors (Lipinski definition) is 1. The van der Waals surface area contributed by atoms with Crippen molar-refractivity contribution in [3.8, 4) is 11.5 Å². The van der Waals surface area contributed by atoms with Gasteiger partial charge in [0.05, 0.1) is 43.4 Å². The van der Waals surface area contributed by atoms with Gasteiger partial charge in [-0.3, -0.25) is 14.3 Å². The lowest BCUT2D eigenvalue weighted by Gasteiger charge is -2.43. The van der Waals surface area contributed by atoms with Gasteiger partial charge in [-0.2, -0.15) is 0 Å². The first-order valence-corrected chi connectivity index (χ1v) is 14.0. The number of carbonyl (C=O) groups is 1. The van der Waals surface area contributed by atoms with Gasteiger partial charge in [0, 0.05) is 31.7 Å². The second kappa shape index (κ2) is 12.4. The zero-order valence-corrected chi connectivity index (χ0v) is 24.0. The largest absolute Gasteiger partial charge is 0.497 e. The van der Waals surface area contributed by atoms with Gasteiger partial charge in [0.15, 0.2) is 0 Å². The van der Waals surface area contributed by atoms with Crippen molar-refractivity contribution < 1.29 is 14.3 Å². The third-order valence-corrected chi connectivity index (χ3v) is 7.77. The molecule has 0 bridgehead atoms. The molecule has 41 heavy (non-hydrogen) atoms. The van der Waals surface area contributed by atoms with E-state index in [0.717, 1.165) is 17.8 Å². The summed E-state index contributed by atoms with van der Waals surface area (Å²) in [5, 5.41) is 3.61. The molecule has 0 aliphatic carbocycles. The van der Waals surface area contributed by atoms with Crippen LogP contribution in [0.3, 0.4) is 0 Å². The summed E-state index contributed by atoms with van der Waals surface area (Å²) in [6.45, 7) is 6.47. The third kappa shape index (κ3) is 5.90. The number of benzene rings is 3. The molecule has 1 aliphatic heterocycles. The number of nitrogens with one attached hydrogen (secondary N) is 1. The number of nitrogens with zero attached hydrogens (tertiary/aromatic N) is 4. The van der Waals surface area contributed by atoms with Crippen molar-refractivity contribution in [2.75, 3.05) is 39.2 Å². The van der Waals surface area contributed by atoms with Gasteiger partial charge in [0.2, 0.25) is 0 Å². The quantitative estimate of drug-likeness (QED) is 0.324. The molecular weight excluding hydrogens is 518 g/mol. The molecule has 2 unspecified atom stereocenters. The van der Waals surface area contributed by atoms with Crippen LogP contribution in [0.5, 0.6) is 11.5 Å². The van der Waals surface area contributed by atoms with Gasteiger partial charge >= 0.3 is 6.03 Å². The average molecular weight is 556 g/mol. The van der Waals surface area contributed by atoms with E-state index in [1.165, 1.54) is 0 Å². The van der Waals surface area contributed by atoms with Gasteiger partial charge in [0.25, 0.3) is 5.56 Å². The van der Waals surface area contributed by atoms with Crippen LogP contribution in [0, 0.1) is 0 Å². The topological polar surface area (TPSA) is 88.9 Å². The summed E-state index contributed by atoms with van der Waals surface area (Å²) in [6, 6.07) is 22.5. The first-order valence-electron chi connectivity index (χ1n) is 14.0. The fourth-order valence-corrected chi connectivity index (χ4v) is 5.62. The van der Waals surface area contributed by atoms with Crippen molar-refractivity contribution in [1.82, 2.24) is 19.4 Å². The summed E-state index contributed by atoms with van der Waals surface area (Å²) in [6.07, 6.45) is 0.779. The Bertz CT molecular complexity index is 1570. The Balaban J connectivity index is 1.39. The predicted molar refractivity (Wildman–Crippen MR) is 161 cm³/mol. The van der Waals surface area contributed by atoms with Crippen LogP contribution in [-0.4, -0.2) is 65.3 Å². The molecule has 214 valence electrons. The van der Waals surface area contributed by atoms with Crippen LogP contribution >= 0.6 is 0 Å². The normalized spacial score (nSPS) is 16.4. The second-order valence-electron chi connectivity index (χ2n) is 10.3. The predicted octanol–water partition coefficient (Wildman–Crippen LogP) is 5.15. The maximum Gasteiger partial charge on any atom is 0.322 e. The van der Waals surface area contributed by atoms with Gasteiger partial charge in [-0.05, 0) is 43.2 Å². The Kier molecular flexibility index (Phi) is 8.54. The molecule has 0 saturated carbocycles.